The molecule has 0 aliphatic rings. The Balaban J connectivity index is 1.52. The summed E-state index contributed by atoms with van der Waals surface area (Å²) in [5.74, 6) is -0.0982. The van der Waals surface area contributed by atoms with Crippen LogP contribution in [0.15, 0.2) is 78.0 Å². The zero-order valence-electron chi connectivity index (χ0n) is 14.6. The van der Waals surface area contributed by atoms with Crippen molar-refractivity contribution >= 4 is 34.1 Å². The van der Waals surface area contributed by atoms with E-state index in [0.717, 1.165) is 22.1 Å². The number of nitrogens with one attached hydrogen (secondary N) is 1. The summed E-state index contributed by atoms with van der Waals surface area (Å²) in [6, 6.07) is 23.4. The lowest BCUT2D eigenvalue weighted by molar-refractivity contribution is -0.115. The quantitative estimate of drug-likeness (QED) is 0.535. The van der Waals surface area contributed by atoms with E-state index >= 15 is 0 Å². The van der Waals surface area contributed by atoms with Crippen molar-refractivity contribution in [2.24, 2.45) is 0 Å². The third-order valence-electron chi connectivity index (χ3n) is 4.14. The van der Waals surface area contributed by atoms with Gasteiger partial charge in [-0.1, -0.05) is 66.4 Å². The van der Waals surface area contributed by atoms with Crippen LogP contribution < -0.4 is 5.32 Å². The molecule has 0 fully saturated rings. The molecule has 1 N–H and O–H groups in total. The Labute approximate surface area is 160 Å². The van der Waals surface area contributed by atoms with E-state index < -0.39 is 0 Å². The molecule has 134 valence electrons. The number of para-hydroxylation sites is 1. The van der Waals surface area contributed by atoms with Gasteiger partial charge in [-0.05, 0) is 40.9 Å². The minimum Gasteiger partial charge on any atom is -0.325 e. The largest absolute Gasteiger partial charge is 0.325 e. The number of amides is 1. The van der Waals surface area contributed by atoms with Crippen LogP contribution in [-0.2, 0) is 4.79 Å². The van der Waals surface area contributed by atoms with Crippen molar-refractivity contribution in [3.05, 3.63) is 72.8 Å². The van der Waals surface area contributed by atoms with Crippen molar-refractivity contribution in [1.29, 1.82) is 0 Å². The summed E-state index contributed by atoms with van der Waals surface area (Å²) in [5.41, 5.74) is 1.65. The molecular formula is C20H17N5OS. The molecule has 4 aromatic rings. The van der Waals surface area contributed by atoms with Crippen molar-refractivity contribution in [2.75, 3.05) is 5.32 Å². The first-order valence-corrected chi connectivity index (χ1v) is 9.39. The van der Waals surface area contributed by atoms with E-state index in [4.69, 9.17) is 0 Å². The van der Waals surface area contributed by atoms with Gasteiger partial charge in [-0.15, -0.1) is 5.10 Å². The smallest absolute Gasteiger partial charge is 0.237 e. The number of rotatable bonds is 5. The van der Waals surface area contributed by atoms with Crippen molar-refractivity contribution in [3.63, 3.8) is 0 Å². The Kier molecular flexibility index (Phi) is 4.84. The first kappa shape index (κ1) is 17.2. The molecule has 0 spiro atoms. The molecule has 0 aliphatic carbocycles. The summed E-state index contributed by atoms with van der Waals surface area (Å²) in [6.07, 6.45) is 0. The zero-order chi connectivity index (χ0) is 18.6. The van der Waals surface area contributed by atoms with E-state index in [1.807, 2.05) is 79.7 Å². The predicted molar refractivity (Wildman–Crippen MR) is 107 cm³/mol. The second kappa shape index (κ2) is 7.59. The van der Waals surface area contributed by atoms with E-state index in [2.05, 4.69) is 20.8 Å². The third kappa shape index (κ3) is 3.68. The van der Waals surface area contributed by atoms with Gasteiger partial charge in [0.05, 0.1) is 10.9 Å². The van der Waals surface area contributed by atoms with Gasteiger partial charge in [-0.25, -0.2) is 0 Å². The summed E-state index contributed by atoms with van der Waals surface area (Å²) >= 11 is 1.32. The second-order valence-electron chi connectivity index (χ2n) is 5.98. The maximum atomic E-state index is 12.7. The molecular weight excluding hydrogens is 358 g/mol. The molecule has 1 heterocycles. The van der Waals surface area contributed by atoms with Crippen LogP contribution >= 0.6 is 11.8 Å². The number of anilines is 1. The summed E-state index contributed by atoms with van der Waals surface area (Å²) in [5, 5.41) is 17.2. The Hall–Kier alpha value is -3.19. The standard InChI is InChI=1S/C20H17N5OS/c1-14(27-20-22-23-24-25(20)16-10-3-2-4-11-16)19(26)21-18-13-7-9-15-8-5-6-12-17(15)18/h2-14H,1H3,(H,21,26)/t14-/m0/s1. The first-order valence-electron chi connectivity index (χ1n) is 8.51. The van der Waals surface area contributed by atoms with Gasteiger partial charge in [0.1, 0.15) is 0 Å². The number of nitrogens with zero attached hydrogens (tertiary/aromatic N) is 4. The number of hydrogen-bond acceptors (Lipinski definition) is 5. The van der Waals surface area contributed by atoms with Gasteiger partial charge in [-0.2, -0.15) is 4.68 Å². The highest BCUT2D eigenvalue weighted by Crippen LogP contribution is 2.26. The van der Waals surface area contributed by atoms with Crippen LogP contribution in [0.25, 0.3) is 16.5 Å². The van der Waals surface area contributed by atoms with Gasteiger partial charge in [0.25, 0.3) is 0 Å². The van der Waals surface area contributed by atoms with Crippen molar-refractivity contribution in [2.45, 2.75) is 17.3 Å². The topological polar surface area (TPSA) is 72.7 Å². The van der Waals surface area contributed by atoms with Crippen LogP contribution in [0.5, 0.6) is 0 Å². The fourth-order valence-corrected chi connectivity index (χ4v) is 3.57. The Bertz CT molecular complexity index is 1070. The van der Waals surface area contributed by atoms with Gasteiger partial charge in [0.15, 0.2) is 0 Å². The first-order chi connectivity index (χ1) is 13.2. The predicted octanol–water partition coefficient (Wildman–Crippen LogP) is 3.93. The third-order valence-corrected chi connectivity index (χ3v) is 5.17. The molecule has 0 unspecified atom stereocenters. The van der Waals surface area contributed by atoms with E-state index in [1.165, 1.54) is 11.8 Å². The molecule has 7 heteroatoms. The number of carbonyl (C=O) groups excluding carboxylic acids is 1. The van der Waals surface area contributed by atoms with E-state index in [0.29, 0.717) is 5.16 Å². The summed E-state index contributed by atoms with van der Waals surface area (Å²) in [6.45, 7) is 1.84. The molecule has 6 nitrogen and oxygen atoms in total. The number of hydrogen-bond donors (Lipinski definition) is 1. The molecule has 0 aliphatic heterocycles. The van der Waals surface area contributed by atoms with Gasteiger partial charge in [0.2, 0.25) is 11.1 Å². The Morgan fingerprint density at radius 2 is 1.74 bits per heavy atom. The number of fused-ring (bicyclic) bond motifs is 1. The summed E-state index contributed by atoms with van der Waals surface area (Å²) in [7, 11) is 0. The van der Waals surface area contributed by atoms with Gasteiger partial charge in [-0.3, -0.25) is 4.79 Å². The molecule has 4 rings (SSSR count). The summed E-state index contributed by atoms with van der Waals surface area (Å²) in [4.78, 5) is 12.7. The number of carbonyl (C=O) groups is 1. The number of benzene rings is 3. The van der Waals surface area contributed by atoms with Crippen LogP contribution in [0.4, 0.5) is 5.69 Å². The number of tetrazole rings is 1. The maximum absolute atomic E-state index is 12.7. The van der Waals surface area contributed by atoms with E-state index in [1.54, 1.807) is 4.68 Å². The molecule has 1 aromatic heterocycles. The lowest BCUT2D eigenvalue weighted by atomic mass is 10.1. The lowest BCUT2D eigenvalue weighted by Gasteiger charge is -2.13. The average molecular weight is 375 g/mol. The van der Waals surface area contributed by atoms with Gasteiger partial charge < -0.3 is 5.32 Å². The number of thioether (sulfide) groups is 1. The molecule has 0 bridgehead atoms. The van der Waals surface area contributed by atoms with Gasteiger partial charge >= 0.3 is 0 Å². The average Bonchev–Trinajstić information content (AvgIpc) is 3.17. The van der Waals surface area contributed by atoms with Crippen LogP contribution in [0, 0.1) is 0 Å². The van der Waals surface area contributed by atoms with Crippen molar-refractivity contribution in [1.82, 2.24) is 20.2 Å². The zero-order valence-corrected chi connectivity index (χ0v) is 15.4. The maximum Gasteiger partial charge on any atom is 0.237 e. The van der Waals surface area contributed by atoms with Gasteiger partial charge in [0, 0.05) is 11.1 Å². The Morgan fingerprint density at radius 3 is 2.59 bits per heavy atom. The summed E-state index contributed by atoms with van der Waals surface area (Å²) < 4.78 is 1.63. The lowest BCUT2D eigenvalue weighted by Crippen LogP contribution is -2.23. The van der Waals surface area contributed by atoms with E-state index in [-0.39, 0.29) is 11.2 Å². The second-order valence-corrected chi connectivity index (χ2v) is 7.29. The fraction of sp³-hybridized carbons (Fsp3) is 0.100. The molecule has 27 heavy (non-hydrogen) atoms. The highest BCUT2D eigenvalue weighted by Gasteiger charge is 2.19. The molecule has 0 saturated carbocycles. The van der Waals surface area contributed by atoms with Crippen LogP contribution in [0.1, 0.15) is 6.92 Å². The minimum atomic E-state index is -0.363. The van der Waals surface area contributed by atoms with Crippen molar-refractivity contribution < 1.29 is 4.79 Å². The normalized spacial score (nSPS) is 12.0. The molecule has 1 amide bonds. The van der Waals surface area contributed by atoms with Crippen molar-refractivity contribution in [3.8, 4) is 5.69 Å². The van der Waals surface area contributed by atoms with Crippen LogP contribution in [0.3, 0.4) is 0 Å². The van der Waals surface area contributed by atoms with Crippen LogP contribution in [0.2, 0.25) is 0 Å². The molecule has 3 aromatic carbocycles. The fourth-order valence-electron chi connectivity index (χ4n) is 2.76. The Morgan fingerprint density at radius 1 is 1.00 bits per heavy atom. The molecule has 0 saturated heterocycles. The minimum absolute atomic E-state index is 0.0982. The molecule has 1 atom stereocenters. The number of aromatic nitrogens is 4. The van der Waals surface area contributed by atoms with E-state index in [9.17, 15) is 4.79 Å². The van der Waals surface area contributed by atoms with Crippen LogP contribution in [-0.4, -0.2) is 31.4 Å². The molecule has 0 radical (unpaired) electrons. The SMILES string of the molecule is C[C@H](Sc1nnnn1-c1ccccc1)C(=O)Nc1cccc2ccccc12. The highest BCUT2D eigenvalue weighted by molar-refractivity contribution is 8.00. The monoisotopic (exact) mass is 375 g/mol. The highest BCUT2D eigenvalue weighted by atomic mass is 32.2.